The highest BCUT2D eigenvalue weighted by Crippen LogP contribution is 2.08. The number of halogens is 2. The lowest BCUT2D eigenvalue weighted by Gasteiger charge is -2.21. The Kier molecular flexibility index (Phi) is 6.09. The van der Waals surface area contributed by atoms with Crippen LogP contribution in [0.4, 0.5) is 13.6 Å². The lowest BCUT2D eigenvalue weighted by Crippen LogP contribution is -2.40. The first-order valence-corrected chi connectivity index (χ1v) is 7.60. The number of nitrogens with zero attached hydrogens (tertiary/aromatic N) is 1. The molecule has 0 bridgehead atoms. The molecule has 0 heterocycles. The molecule has 0 saturated heterocycles. The van der Waals surface area contributed by atoms with Crippen molar-refractivity contribution in [2.24, 2.45) is 0 Å². The molecule has 1 N–H and O–H groups in total. The maximum absolute atomic E-state index is 13.5. The molecule has 0 aliphatic carbocycles. The molecule has 2 aromatic carbocycles. The van der Waals surface area contributed by atoms with Gasteiger partial charge in [0.1, 0.15) is 11.6 Å². The zero-order chi connectivity index (χ0) is 16.7. The summed E-state index contributed by atoms with van der Waals surface area (Å²) in [5.74, 6) is -0.590. The van der Waals surface area contributed by atoms with Crippen LogP contribution >= 0.6 is 0 Å². The van der Waals surface area contributed by atoms with Crippen LogP contribution < -0.4 is 5.32 Å². The van der Waals surface area contributed by atoms with Gasteiger partial charge in [0.25, 0.3) is 0 Å². The molecule has 0 atom stereocenters. The van der Waals surface area contributed by atoms with Crippen LogP contribution in [0.5, 0.6) is 0 Å². The topological polar surface area (TPSA) is 32.3 Å². The summed E-state index contributed by atoms with van der Waals surface area (Å²) in [7, 11) is 0. The summed E-state index contributed by atoms with van der Waals surface area (Å²) in [6, 6.07) is 12.4. The Labute approximate surface area is 134 Å². The molecular formula is C18H20F2N2O. The first-order chi connectivity index (χ1) is 11.1. The van der Waals surface area contributed by atoms with Crippen molar-refractivity contribution in [1.82, 2.24) is 10.2 Å². The van der Waals surface area contributed by atoms with E-state index >= 15 is 0 Å². The largest absolute Gasteiger partial charge is 0.338 e. The molecule has 0 aliphatic rings. The van der Waals surface area contributed by atoms with Gasteiger partial charge in [-0.05, 0) is 42.7 Å². The minimum absolute atomic E-state index is 0.242. The van der Waals surface area contributed by atoms with Crippen LogP contribution in [0.3, 0.4) is 0 Å². The van der Waals surface area contributed by atoms with Gasteiger partial charge in [0, 0.05) is 19.6 Å². The molecule has 0 aliphatic heterocycles. The highest BCUT2D eigenvalue weighted by atomic mass is 19.1. The second kappa shape index (κ2) is 8.27. The van der Waals surface area contributed by atoms with E-state index in [1.165, 1.54) is 18.2 Å². The smallest absolute Gasteiger partial charge is 0.317 e. The summed E-state index contributed by atoms with van der Waals surface area (Å²) in [4.78, 5) is 13.7. The van der Waals surface area contributed by atoms with E-state index in [9.17, 15) is 13.6 Å². The van der Waals surface area contributed by atoms with Crippen molar-refractivity contribution < 1.29 is 13.6 Å². The van der Waals surface area contributed by atoms with Crippen molar-refractivity contribution in [1.29, 1.82) is 0 Å². The highest BCUT2D eigenvalue weighted by molar-refractivity contribution is 5.74. The van der Waals surface area contributed by atoms with E-state index in [1.807, 2.05) is 6.92 Å². The van der Waals surface area contributed by atoms with E-state index in [1.54, 1.807) is 35.2 Å². The summed E-state index contributed by atoms with van der Waals surface area (Å²) < 4.78 is 26.7. The summed E-state index contributed by atoms with van der Waals surface area (Å²) >= 11 is 0. The molecule has 2 amide bonds. The van der Waals surface area contributed by atoms with Crippen molar-refractivity contribution in [2.45, 2.75) is 19.9 Å². The first-order valence-electron chi connectivity index (χ1n) is 7.60. The summed E-state index contributed by atoms with van der Waals surface area (Å²) in [6.07, 6.45) is 0.427. The molecule has 0 unspecified atom stereocenters. The first kappa shape index (κ1) is 16.9. The Morgan fingerprint density at radius 1 is 1.13 bits per heavy atom. The molecule has 2 rings (SSSR count). The minimum Gasteiger partial charge on any atom is -0.338 e. The SMILES string of the molecule is CCN(Cc1cccc(F)c1)C(=O)NCCc1ccccc1F. The minimum atomic E-state index is -0.321. The van der Waals surface area contributed by atoms with Gasteiger partial charge in [-0.25, -0.2) is 13.6 Å². The van der Waals surface area contributed by atoms with E-state index in [2.05, 4.69) is 5.32 Å². The van der Waals surface area contributed by atoms with Gasteiger partial charge in [0.15, 0.2) is 0 Å². The van der Waals surface area contributed by atoms with Crippen molar-refractivity contribution >= 4 is 6.03 Å². The number of carbonyl (C=O) groups excluding carboxylic acids is 1. The van der Waals surface area contributed by atoms with Crippen molar-refractivity contribution in [3.63, 3.8) is 0 Å². The number of urea groups is 1. The van der Waals surface area contributed by atoms with Crippen molar-refractivity contribution in [3.8, 4) is 0 Å². The predicted octanol–water partition coefficient (Wildman–Crippen LogP) is 3.74. The fraction of sp³-hybridized carbons (Fsp3) is 0.278. The normalized spacial score (nSPS) is 10.4. The van der Waals surface area contributed by atoms with Crippen molar-refractivity contribution in [3.05, 3.63) is 71.3 Å². The number of hydrogen-bond donors (Lipinski definition) is 1. The number of nitrogens with one attached hydrogen (secondary N) is 1. The molecule has 2 aromatic rings. The zero-order valence-corrected chi connectivity index (χ0v) is 13.1. The van der Waals surface area contributed by atoms with Gasteiger partial charge in [0.05, 0.1) is 0 Å². The van der Waals surface area contributed by atoms with Gasteiger partial charge in [-0.3, -0.25) is 0 Å². The second-order valence-corrected chi connectivity index (χ2v) is 5.22. The molecule has 5 heteroatoms. The number of rotatable bonds is 6. The average Bonchev–Trinajstić information content (AvgIpc) is 2.54. The molecule has 122 valence electrons. The third-order valence-electron chi connectivity index (χ3n) is 3.56. The lowest BCUT2D eigenvalue weighted by atomic mass is 10.1. The number of carbonyl (C=O) groups is 1. The summed E-state index contributed by atoms with van der Waals surface area (Å²) in [6.45, 7) is 3.04. The van der Waals surface area contributed by atoms with E-state index in [0.717, 1.165) is 5.56 Å². The molecule has 0 fully saturated rings. The van der Waals surface area contributed by atoms with Gasteiger partial charge >= 0.3 is 6.03 Å². The molecule has 0 spiro atoms. The average molecular weight is 318 g/mol. The van der Waals surface area contributed by atoms with Gasteiger partial charge < -0.3 is 10.2 Å². The molecular weight excluding hydrogens is 298 g/mol. The van der Waals surface area contributed by atoms with Crippen LogP contribution in [0, 0.1) is 11.6 Å². The standard InChI is InChI=1S/C18H20F2N2O/c1-2-22(13-14-6-5-8-16(19)12-14)18(23)21-11-10-15-7-3-4-9-17(15)20/h3-9,12H,2,10-11,13H2,1H3,(H,21,23). The summed E-state index contributed by atoms with van der Waals surface area (Å²) in [5, 5.41) is 2.77. The Morgan fingerprint density at radius 3 is 2.61 bits per heavy atom. The predicted molar refractivity (Wildman–Crippen MR) is 86.0 cm³/mol. The van der Waals surface area contributed by atoms with E-state index in [-0.39, 0.29) is 17.7 Å². The van der Waals surface area contributed by atoms with E-state index in [0.29, 0.717) is 31.6 Å². The third-order valence-corrected chi connectivity index (χ3v) is 3.56. The van der Waals surface area contributed by atoms with Crippen LogP contribution in [0.2, 0.25) is 0 Å². The van der Waals surface area contributed by atoms with Gasteiger partial charge in [-0.2, -0.15) is 0 Å². The van der Waals surface area contributed by atoms with Crippen molar-refractivity contribution in [2.75, 3.05) is 13.1 Å². The monoisotopic (exact) mass is 318 g/mol. The fourth-order valence-corrected chi connectivity index (χ4v) is 2.30. The summed E-state index contributed by atoms with van der Waals surface area (Å²) in [5.41, 5.74) is 1.30. The molecule has 0 radical (unpaired) electrons. The van der Waals surface area contributed by atoms with Crippen LogP contribution in [0.25, 0.3) is 0 Å². The van der Waals surface area contributed by atoms with E-state index < -0.39 is 0 Å². The molecule has 3 nitrogen and oxygen atoms in total. The second-order valence-electron chi connectivity index (χ2n) is 5.22. The molecule has 0 aromatic heterocycles. The van der Waals surface area contributed by atoms with Gasteiger partial charge in [0.2, 0.25) is 0 Å². The Balaban J connectivity index is 1.86. The number of amides is 2. The lowest BCUT2D eigenvalue weighted by molar-refractivity contribution is 0.198. The Morgan fingerprint density at radius 2 is 1.91 bits per heavy atom. The molecule has 23 heavy (non-hydrogen) atoms. The van der Waals surface area contributed by atoms with Gasteiger partial charge in [-0.1, -0.05) is 30.3 Å². The molecule has 0 saturated carbocycles. The fourth-order valence-electron chi connectivity index (χ4n) is 2.30. The quantitative estimate of drug-likeness (QED) is 0.864. The van der Waals surface area contributed by atoms with Crippen LogP contribution in [0.15, 0.2) is 48.5 Å². The van der Waals surface area contributed by atoms with Crippen LogP contribution in [-0.4, -0.2) is 24.0 Å². The Bertz CT molecular complexity index is 661. The number of benzene rings is 2. The van der Waals surface area contributed by atoms with E-state index in [4.69, 9.17) is 0 Å². The Hall–Kier alpha value is -2.43. The van der Waals surface area contributed by atoms with Crippen LogP contribution in [-0.2, 0) is 13.0 Å². The third kappa shape index (κ3) is 5.06. The van der Waals surface area contributed by atoms with Gasteiger partial charge in [-0.15, -0.1) is 0 Å². The maximum Gasteiger partial charge on any atom is 0.317 e. The maximum atomic E-state index is 13.5. The zero-order valence-electron chi connectivity index (χ0n) is 13.1. The van der Waals surface area contributed by atoms with Crippen LogP contribution in [0.1, 0.15) is 18.1 Å². The highest BCUT2D eigenvalue weighted by Gasteiger charge is 2.12. The number of hydrogen-bond acceptors (Lipinski definition) is 1.